The van der Waals surface area contributed by atoms with Gasteiger partial charge in [0.25, 0.3) is 11.5 Å². The second-order valence-corrected chi connectivity index (χ2v) is 6.87. The van der Waals surface area contributed by atoms with Gasteiger partial charge in [-0.05, 0) is 49.4 Å². The molecule has 166 valence electrons. The summed E-state index contributed by atoms with van der Waals surface area (Å²) >= 11 is 0. The van der Waals surface area contributed by atoms with Gasteiger partial charge in [0.05, 0.1) is 19.1 Å². The van der Waals surface area contributed by atoms with Gasteiger partial charge in [0.2, 0.25) is 0 Å². The molecule has 0 aliphatic heterocycles. The Hall–Kier alpha value is -4.01. The van der Waals surface area contributed by atoms with Crippen LogP contribution in [0, 0.1) is 5.82 Å². The summed E-state index contributed by atoms with van der Waals surface area (Å²) in [6, 6.07) is 11.7. The Kier molecular flexibility index (Phi) is 7.33. The number of ether oxygens (including phenoxy) is 2. The first-order chi connectivity index (χ1) is 15.4. The fourth-order valence-electron chi connectivity index (χ4n) is 2.89. The van der Waals surface area contributed by atoms with Crippen LogP contribution in [0.25, 0.3) is 11.3 Å². The van der Waals surface area contributed by atoms with Crippen molar-refractivity contribution in [2.24, 2.45) is 0 Å². The first-order valence-corrected chi connectivity index (χ1v) is 9.78. The predicted octanol–water partition coefficient (Wildman–Crippen LogP) is 2.46. The van der Waals surface area contributed by atoms with Crippen LogP contribution in [0.5, 0.6) is 11.5 Å². The highest BCUT2D eigenvalue weighted by atomic mass is 19.1. The number of hydrogen-bond acceptors (Lipinski definition) is 6. The molecule has 0 spiro atoms. The number of halogens is 1. The van der Waals surface area contributed by atoms with Crippen molar-refractivity contribution in [2.45, 2.75) is 13.5 Å². The molecule has 32 heavy (non-hydrogen) atoms. The van der Waals surface area contributed by atoms with Crippen LogP contribution in [-0.4, -0.2) is 41.5 Å². The third-order valence-electron chi connectivity index (χ3n) is 4.62. The van der Waals surface area contributed by atoms with E-state index in [0.29, 0.717) is 28.3 Å². The quantitative estimate of drug-likeness (QED) is 0.514. The highest BCUT2D eigenvalue weighted by Gasteiger charge is 2.10. The molecule has 0 aliphatic rings. The van der Waals surface area contributed by atoms with Gasteiger partial charge in [-0.25, -0.2) is 9.37 Å². The van der Waals surface area contributed by atoms with Crippen LogP contribution in [0.1, 0.15) is 17.3 Å². The van der Waals surface area contributed by atoms with Crippen LogP contribution in [-0.2, 0) is 11.3 Å². The molecule has 1 amide bonds. The molecule has 0 fully saturated rings. The van der Waals surface area contributed by atoms with Crippen molar-refractivity contribution in [3.8, 4) is 22.8 Å². The molecule has 8 nitrogen and oxygen atoms in total. The number of methoxy groups -OCH3 is 1. The summed E-state index contributed by atoms with van der Waals surface area (Å²) in [5, 5.41) is 2.66. The van der Waals surface area contributed by atoms with Crippen LogP contribution in [0.3, 0.4) is 0 Å². The van der Waals surface area contributed by atoms with Crippen molar-refractivity contribution in [3.05, 3.63) is 76.6 Å². The van der Waals surface area contributed by atoms with Gasteiger partial charge in [0, 0.05) is 30.3 Å². The van der Waals surface area contributed by atoms with Crippen LogP contribution in [0.2, 0.25) is 0 Å². The first-order valence-electron chi connectivity index (χ1n) is 9.78. The molecule has 0 radical (unpaired) electrons. The molecule has 0 unspecified atom stereocenters. The largest absolute Gasteiger partial charge is 0.493 e. The molecule has 1 N–H and O–H groups in total. The molecule has 9 heteroatoms. The molecule has 2 aromatic carbocycles. The second kappa shape index (κ2) is 10.3. The maximum atomic E-state index is 13.0. The Morgan fingerprint density at radius 1 is 1.09 bits per heavy atom. The minimum absolute atomic E-state index is 0.108. The highest BCUT2D eigenvalue weighted by Crippen LogP contribution is 2.28. The summed E-state index contributed by atoms with van der Waals surface area (Å²) in [6.07, 6.45) is 1.38. The standard InChI is InChI=1S/C23H22FN3O5/c1-15(28)17-5-8-20(21(11-17)31-2)32-13-22(29)25-9-10-27-14-26-19(12-23(27)30)16-3-6-18(24)7-4-16/h3-8,11-12,14H,9-10,13H2,1-2H3,(H,25,29). The molecule has 1 heterocycles. The average Bonchev–Trinajstić information content (AvgIpc) is 2.79. The van der Waals surface area contributed by atoms with E-state index in [1.165, 1.54) is 43.1 Å². The SMILES string of the molecule is COc1cc(C(C)=O)ccc1OCC(=O)NCCn1cnc(-c2ccc(F)cc2)cc1=O. The van der Waals surface area contributed by atoms with Crippen molar-refractivity contribution >= 4 is 11.7 Å². The Balaban J connectivity index is 1.51. The van der Waals surface area contributed by atoms with E-state index < -0.39 is 0 Å². The number of nitrogens with zero attached hydrogens (tertiary/aromatic N) is 2. The van der Waals surface area contributed by atoms with Crippen molar-refractivity contribution in [1.29, 1.82) is 0 Å². The maximum Gasteiger partial charge on any atom is 0.258 e. The molecular weight excluding hydrogens is 417 g/mol. The van der Waals surface area contributed by atoms with E-state index in [2.05, 4.69) is 10.3 Å². The molecule has 3 rings (SSSR count). The summed E-state index contributed by atoms with van der Waals surface area (Å²) in [5.41, 5.74) is 1.25. The topological polar surface area (TPSA) is 99.5 Å². The molecule has 3 aromatic rings. The number of amides is 1. The van der Waals surface area contributed by atoms with E-state index in [-0.39, 0.29) is 42.8 Å². The average molecular weight is 439 g/mol. The zero-order valence-electron chi connectivity index (χ0n) is 17.6. The lowest BCUT2D eigenvalue weighted by atomic mass is 10.1. The lowest BCUT2D eigenvalue weighted by Crippen LogP contribution is -2.33. The smallest absolute Gasteiger partial charge is 0.258 e. The molecular formula is C23H22FN3O5. The predicted molar refractivity (Wildman–Crippen MR) is 115 cm³/mol. The van der Waals surface area contributed by atoms with E-state index in [4.69, 9.17) is 9.47 Å². The highest BCUT2D eigenvalue weighted by molar-refractivity contribution is 5.94. The molecule has 0 saturated heterocycles. The number of benzene rings is 2. The van der Waals surface area contributed by atoms with Gasteiger partial charge in [0.1, 0.15) is 5.82 Å². The Morgan fingerprint density at radius 3 is 2.50 bits per heavy atom. The maximum absolute atomic E-state index is 13.0. The first kappa shape index (κ1) is 22.7. The summed E-state index contributed by atoms with van der Waals surface area (Å²) in [4.78, 5) is 40.0. The number of ketones is 1. The van der Waals surface area contributed by atoms with Gasteiger partial charge in [-0.1, -0.05) is 0 Å². The Bertz CT molecular complexity index is 1170. The van der Waals surface area contributed by atoms with Crippen LogP contribution < -0.4 is 20.3 Å². The second-order valence-electron chi connectivity index (χ2n) is 6.87. The number of nitrogens with one attached hydrogen (secondary N) is 1. The molecule has 0 atom stereocenters. The normalized spacial score (nSPS) is 10.5. The van der Waals surface area contributed by atoms with Crippen LogP contribution >= 0.6 is 0 Å². The van der Waals surface area contributed by atoms with Crippen LogP contribution in [0.15, 0.2) is 59.7 Å². The molecule has 0 bridgehead atoms. The third kappa shape index (κ3) is 5.78. The van der Waals surface area contributed by atoms with E-state index in [9.17, 15) is 18.8 Å². The monoisotopic (exact) mass is 439 g/mol. The number of hydrogen-bond donors (Lipinski definition) is 1. The summed E-state index contributed by atoms with van der Waals surface area (Å²) < 4.78 is 25.1. The minimum atomic E-state index is -0.383. The number of rotatable bonds is 9. The van der Waals surface area contributed by atoms with E-state index >= 15 is 0 Å². The Morgan fingerprint density at radius 2 is 1.84 bits per heavy atom. The zero-order valence-corrected chi connectivity index (χ0v) is 17.6. The number of carbonyl (C=O) groups excluding carboxylic acids is 2. The molecule has 1 aromatic heterocycles. The van der Waals surface area contributed by atoms with Gasteiger partial charge in [-0.2, -0.15) is 0 Å². The fourth-order valence-corrected chi connectivity index (χ4v) is 2.89. The minimum Gasteiger partial charge on any atom is -0.493 e. The number of carbonyl (C=O) groups is 2. The van der Waals surface area contributed by atoms with Crippen molar-refractivity contribution in [1.82, 2.24) is 14.9 Å². The molecule has 0 aliphatic carbocycles. The van der Waals surface area contributed by atoms with E-state index in [1.54, 1.807) is 30.3 Å². The number of Topliss-reactive ketones (excluding diaryl/α,β-unsaturated/α-hetero) is 1. The van der Waals surface area contributed by atoms with Crippen molar-refractivity contribution < 1.29 is 23.5 Å². The van der Waals surface area contributed by atoms with Gasteiger partial charge in [-0.15, -0.1) is 0 Å². The van der Waals surface area contributed by atoms with E-state index in [0.717, 1.165) is 0 Å². The number of aromatic nitrogens is 2. The van der Waals surface area contributed by atoms with Gasteiger partial charge in [-0.3, -0.25) is 19.0 Å². The molecule has 0 saturated carbocycles. The summed E-state index contributed by atoms with van der Waals surface area (Å²) in [7, 11) is 1.44. The lowest BCUT2D eigenvalue weighted by molar-refractivity contribution is -0.123. The zero-order chi connectivity index (χ0) is 23.1. The van der Waals surface area contributed by atoms with Gasteiger partial charge >= 0.3 is 0 Å². The van der Waals surface area contributed by atoms with Gasteiger partial charge < -0.3 is 14.8 Å². The van der Waals surface area contributed by atoms with E-state index in [1.807, 2.05) is 0 Å². The summed E-state index contributed by atoms with van der Waals surface area (Å²) in [6.45, 7) is 1.60. The Labute approximate surface area is 183 Å². The van der Waals surface area contributed by atoms with Crippen LogP contribution in [0.4, 0.5) is 4.39 Å². The lowest BCUT2D eigenvalue weighted by Gasteiger charge is -2.12. The van der Waals surface area contributed by atoms with Crippen molar-refractivity contribution in [2.75, 3.05) is 20.3 Å². The van der Waals surface area contributed by atoms with Crippen molar-refractivity contribution in [3.63, 3.8) is 0 Å². The summed E-state index contributed by atoms with van der Waals surface area (Å²) in [5.74, 6) is -0.170. The third-order valence-corrected chi connectivity index (χ3v) is 4.62. The fraction of sp³-hybridized carbons (Fsp3) is 0.217. The van der Waals surface area contributed by atoms with Gasteiger partial charge in [0.15, 0.2) is 23.9 Å².